The molecule has 0 saturated heterocycles. The molecule has 0 saturated carbocycles. The van der Waals surface area contributed by atoms with E-state index in [1.54, 1.807) is 21.8 Å². The van der Waals surface area contributed by atoms with Gasteiger partial charge in [-0.25, -0.2) is 0 Å². The van der Waals surface area contributed by atoms with E-state index in [0.717, 1.165) is 9.28 Å². The predicted molar refractivity (Wildman–Crippen MR) is 102 cm³/mol. The van der Waals surface area contributed by atoms with Crippen LogP contribution in [0.25, 0.3) is 0 Å². The summed E-state index contributed by atoms with van der Waals surface area (Å²) in [6.07, 6.45) is 0. The molecule has 0 unspecified atom stereocenters. The molecule has 20 heavy (non-hydrogen) atoms. The van der Waals surface area contributed by atoms with Crippen molar-refractivity contribution < 1.29 is 0 Å². The van der Waals surface area contributed by atoms with E-state index in [9.17, 15) is 0 Å². The molecule has 0 spiro atoms. The van der Waals surface area contributed by atoms with Gasteiger partial charge in [-0.1, -0.05) is 0 Å². The molecule has 2 rings (SSSR count). The topological polar surface area (TPSA) is 0 Å². The van der Waals surface area contributed by atoms with Crippen LogP contribution in [0.2, 0.25) is 0 Å². The van der Waals surface area contributed by atoms with Gasteiger partial charge in [-0.2, -0.15) is 0 Å². The Morgan fingerprint density at radius 3 is 1.85 bits per heavy atom. The Kier molecular flexibility index (Phi) is 6.49. The van der Waals surface area contributed by atoms with Crippen molar-refractivity contribution in [3.8, 4) is 0 Å². The van der Waals surface area contributed by atoms with Crippen LogP contribution in [-0.4, -0.2) is 20.5 Å². The summed E-state index contributed by atoms with van der Waals surface area (Å²) in [5.74, 6) is 0.991. The molecule has 0 amide bonds. The molecule has 0 bridgehead atoms. The second-order valence-corrected chi connectivity index (χ2v) is 20.7. The Morgan fingerprint density at radius 2 is 1.45 bits per heavy atom. The van der Waals surface area contributed by atoms with E-state index in [4.69, 9.17) is 22.2 Å². The van der Waals surface area contributed by atoms with Gasteiger partial charge in [-0.3, -0.25) is 0 Å². The van der Waals surface area contributed by atoms with Gasteiger partial charge in [0.1, 0.15) is 0 Å². The Labute approximate surface area is 140 Å². The van der Waals surface area contributed by atoms with Crippen LogP contribution in [0.1, 0.15) is 6.92 Å². The van der Waals surface area contributed by atoms with Gasteiger partial charge in [0.2, 0.25) is 0 Å². The number of rotatable bonds is 4. The number of hydrogen-bond acceptors (Lipinski definition) is 3. The number of thiocarbonyl (C=S) groups is 1. The van der Waals surface area contributed by atoms with Crippen LogP contribution < -0.4 is 8.79 Å². The maximum absolute atomic E-state index is 7.17. The van der Waals surface area contributed by atoms with Crippen LogP contribution in [0.4, 0.5) is 0 Å². The number of halogens is 1. The van der Waals surface area contributed by atoms with Crippen molar-refractivity contribution in [1.29, 1.82) is 0 Å². The molecular formula is C15H15ClGeS3. The number of thioether (sulfide) groups is 1. The van der Waals surface area contributed by atoms with Gasteiger partial charge in [0.15, 0.2) is 0 Å². The molecule has 2 aromatic carbocycles. The molecule has 0 nitrogen and oxygen atoms in total. The van der Waals surface area contributed by atoms with Crippen LogP contribution in [0.3, 0.4) is 0 Å². The van der Waals surface area contributed by atoms with Crippen molar-refractivity contribution in [3.05, 3.63) is 60.7 Å². The third kappa shape index (κ3) is 4.04. The monoisotopic (exact) mass is 400 g/mol. The predicted octanol–water partition coefficient (Wildman–Crippen LogP) is 4.25. The Bertz CT molecular complexity index is 520. The Hall–Kier alpha value is 0.0629. The third-order valence-electron chi connectivity index (χ3n) is 2.78. The molecule has 0 fully saturated rings. The fourth-order valence-corrected chi connectivity index (χ4v) is 20.1. The molecule has 0 N–H and O–H groups in total. The fraction of sp³-hybridized carbons (Fsp3) is 0.133. The van der Waals surface area contributed by atoms with Crippen LogP contribution >= 0.6 is 44.1 Å². The maximum atomic E-state index is 7.17. The summed E-state index contributed by atoms with van der Waals surface area (Å²) in [4.78, 5) is 0. The summed E-state index contributed by atoms with van der Waals surface area (Å²) in [7, 11) is 8.90. The first kappa shape index (κ1) is 16.4. The van der Waals surface area contributed by atoms with Crippen molar-refractivity contribution in [2.75, 3.05) is 5.75 Å². The fourth-order valence-electron chi connectivity index (χ4n) is 1.85. The first-order chi connectivity index (χ1) is 9.66. The second-order valence-electron chi connectivity index (χ2n) is 4.11. The molecule has 0 heterocycles. The quantitative estimate of drug-likeness (QED) is 0.557. The molecule has 0 aliphatic carbocycles. The molecule has 104 valence electrons. The van der Waals surface area contributed by atoms with Crippen LogP contribution in [0, 0.1) is 0 Å². The SMILES string of the molecule is CCSC(=S)[S][Ge]([Cl])([c]1ccccc1)[c]1ccccc1. The van der Waals surface area contributed by atoms with Gasteiger partial charge in [0.25, 0.3) is 0 Å². The minimum atomic E-state index is -2.97. The summed E-state index contributed by atoms with van der Waals surface area (Å²) in [6, 6.07) is 20.8. The van der Waals surface area contributed by atoms with E-state index in [1.807, 2.05) is 12.1 Å². The molecule has 2 aromatic rings. The molecular weight excluding hydrogens is 384 g/mol. The minimum absolute atomic E-state index is 0.954. The average Bonchev–Trinajstić information content (AvgIpc) is 2.49. The van der Waals surface area contributed by atoms with E-state index in [-0.39, 0.29) is 0 Å². The Balaban J connectivity index is 2.41. The second kappa shape index (κ2) is 7.90. The zero-order chi connectivity index (χ0) is 14.4. The van der Waals surface area contributed by atoms with Crippen molar-refractivity contribution in [1.82, 2.24) is 0 Å². The molecule has 0 radical (unpaired) electrons. The summed E-state index contributed by atoms with van der Waals surface area (Å²) < 4.78 is 3.43. The summed E-state index contributed by atoms with van der Waals surface area (Å²) >= 11 is 4.22. The van der Waals surface area contributed by atoms with Crippen LogP contribution in [0.15, 0.2) is 60.7 Å². The van der Waals surface area contributed by atoms with E-state index in [1.165, 1.54) is 8.79 Å². The van der Waals surface area contributed by atoms with E-state index in [0.29, 0.717) is 0 Å². The Morgan fingerprint density at radius 1 is 1.00 bits per heavy atom. The van der Waals surface area contributed by atoms with Gasteiger partial charge in [0.05, 0.1) is 0 Å². The van der Waals surface area contributed by atoms with Crippen LogP contribution in [0.5, 0.6) is 0 Å². The molecule has 5 heteroatoms. The van der Waals surface area contributed by atoms with Gasteiger partial charge >= 0.3 is 141 Å². The molecule has 0 atom stereocenters. The van der Waals surface area contributed by atoms with Crippen molar-refractivity contribution in [2.45, 2.75) is 6.92 Å². The van der Waals surface area contributed by atoms with E-state index < -0.39 is 11.2 Å². The van der Waals surface area contributed by atoms with E-state index >= 15 is 0 Å². The third-order valence-corrected chi connectivity index (χ3v) is 20.3. The zero-order valence-electron chi connectivity index (χ0n) is 11.1. The van der Waals surface area contributed by atoms with Crippen molar-refractivity contribution >= 4 is 67.6 Å². The summed E-state index contributed by atoms with van der Waals surface area (Å²) in [6.45, 7) is 2.12. The van der Waals surface area contributed by atoms with Gasteiger partial charge in [-0.15, -0.1) is 0 Å². The summed E-state index contributed by atoms with van der Waals surface area (Å²) in [5.41, 5.74) is 0. The normalized spacial score (nSPS) is 11.3. The standard InChI is InChI=1S/C15H15ClGeS3/c1-2-19-15(18)20-17(16,13-9-5-3-6-10-13)14-11-7-4-8-12-14/h3-12H,2H2,1H3. The first-order valence-corrected chi connectivity index (χ1v) is 16.0. The van der Waals surface area contributed by atoms with E-state index in [2.05, 4.69) is 55.5 Å². The molecule has 0 aliphatic heterocycles. The summed E-state index contributed by atoms with van der Waals surface area (Å²) in [5, 5.41) is 0. The van der Waals surface area contributed by atoms with Gasteiger partial charge < -0.3 is 0 Å². The molecule has 0 aliphatic rings. The number of hydrogen-bond donors (Lipinski definition) is 0. The van der Waals surface area contributed by atoms with Gasteiger partial charge in [0, 0.05) is 0 Å². The van der Waals surface area contributed by atoms with Crippen molar-refractivity contribution in [2.24, 2.45) is 0 Å². The average molecular weight is 400 g/mol. The number of benzene rings is 2. The zero-order valence-corrected chi connectivity index (χ0v) is 16.4. The molecule has 0 aromatic heterocycles. The van der Waals surface area contributed by atoms with Crippen LogP contribution in [-0.2, 0) is 0 Å². The first-order valence-electron chi connectivity index (χ1n) is 6.32. The van der Waals surface area contributed by atoms with Gasteiger partial charge in [-0.05, 0) is 0 Å². The van der Waals surface area contributed by atoms with Crippen molar-refractivity contribution in [3.63, 3.8) is 0 Å².